The molecule has 0 bridgehead atoms. The maximum Gasteiger partial charge on any atom is 0.0595 e. The van der Waals surface area contributed by atoms with E-state index in [1.54, 1.807) is 7.05 Å². The van der Waals surface area contributed by atoms with Crippen LogP contribution < -0.4 is 0 Å². The summed E-state index contributed by atoms with van der Waals surface area (Å²) in [7, 11) is 1.77. The normalized spacial score (nSPS) is 11.0. The van der Waals surface area contributed by atoms with Crippen LogP contribution >= 0.6 is 23.2 Å². The Kier molecular flexibility index (Phi) is 4.26. The van der Waals surface area contributed by atoms with Gasteiger partial charge in [0.25, 0.3) is 0 Å². The summed E-state index contributed by atoms with van der Waals surface area (Å²) in [5, 5.41) is 1.22. The Morgan fingerprint density at radius 3 is 2.69 bits per heavy atom. The predicted molar refractivity (Wildman–Crippen MR) is 59.2 cm³/mol. The number of aryl methyl sites for hydroxylation is 1. The van der Waals surface area contributed by atoms with Gasteiger partial charge in [-0.15, -0.1) is 0 Å². The third-order valence-corrected chi connectivity index (χ3v) is 2.47. The van der Waals surface area contributed by atoms with Crippen LogP contribution in [0.4, 0.5) is 0 Å². The molecular formula is C10H11Cl2N. The molecule has 0 amide bonds. The van der Waals surface area contributed by atoms with Gasteiger partial charge in [-0.05, 0) is 36.8 Å². The minimum absolute atomic E-state index is 0.606. The molecule has 1 rings (SSSR count). The number of rotatable bonds is 3. The average Bonchev–Trinajstić information content (AvgIpc) is 2.12. The van der Waals surface area contributed by atoms with Crippen molar-refractivity contribution >= 4 is 29.4 Å². The highest BCUT2D eigenvalue weighted by Crippen LogP contribution is 2.22. The number of benzene rings is 1. The van der Waals surface area contributed by atoms with Gasteiger partial charge in [-0.3, -0.25) is 0 Å². The molecule has 0 aromatic heterocycles. The molecule has 0 radical (unpaired) electrons. The second-order valence-corrected chi connectivity index (χ2v) is 3.54. The summed E-state index contributed by atoms with van der Waals surface area (Å²) in [6, 6.07) is 5.70. The summed E-state index contributed by atoms with van der Waals surface area (Å²) < 4.78 is 0. The SMILES string of the molecule is C/N=C/CCc1ccc(Cl)c(Cl)c1. The largest absolute Gasteiger partial charge is 0.301 e. The van der Waals surface area contributed by atoms with Crippen molar-refractivity contribution in [3.05, 3.63) is 33.8 Å². The maximum absolute atomic E-state index is 5.86. The van der Waals surface area contributed by atoms with E-state index in [1.807, 2.05) is 24.4 Å². The summed E-state index contributed by atoms with van der Waals surface area (Å²) in [4.78, 5) is 3.91. The topological polar surface area (TPSA) is 12.4 Å². The fourth-order valence-electron chi connectivity index (χ4n) is 1.06. The van der Waals surface area contributed by atoms with Crippen LogP contribution in [-0.2, 0) is 6.42 Å². The summed E-state index contributed by atoms with van der Waals surface area (Å²) in [6.45, 7) is 0. The Bertz CT molecular complexity index is 308. The first kappa shape index (κ1) is 10.6. The lowest BCUT2D eigenvalue weighted by Gasteiger charge is -2.00. The number of halogens is 2. The van der Waals surface area contributed by atoms with Gasteiger partial charge in [0, 0.05) is 7.05 Å². The van der Waals surface area contributed by atoms with E-state index in [1.165, 1.54) is 5.56 Å². The van der Waals surface area contributed by atoms with Gasteiger partial charge in [-0.25, -0.2) is 0 Å². The summed E-state index contributed by atoms with van der Waals surface area (Å²) in [5.41, 5.74) is 1.19. The quantitative estimate of drug-likeness (QED) is 0.684. The Labute approximate surface area is 88.4 Å². The monoisotopic (exact) mass is 215 g/mol. The van der Waals surface area contributed by atoms with Crippen molar-refractivity contribution < 1.29 is 0 Å². The number of aliphatic imine (C=N–C) groups is 1. The van der Waals surface area contributed by atoms with Crippen LogP contribution in [-0.4, -0.2) is 13.3 Å². The second-order valence-electron chi connectivity index (χ2n) is 2.73. The van der Waals surface area contributed by atoms with Crippen LogP contribution in [0.5, 0.6) is 0 Å². The molecule has 0 heterocycles. The van der Waals surface area contributed by atoms with Crippen molar-refractivity contribution in [3.8, 4) is 0 Å². The predicted octanol–water partition coefficient (Wildman–Crippen LogP) is 3.63. The van der Waals surface area contributed by atoms with E-state index in [0.717, 1.165) is 12.8 Å². The Hall–Kier alpha value is -0.530. The van der Waals surface area contributed by atoms with Gasteiger partial charge in [0.05, 0.1) is 10.0 Å². The smallest absolute Gasteiger partial charge is 0.0595 e. The Morgan fingerprint density at radius 2 is 2.08 bits per heavy atom. The van der Waals surface area contributed by atoms with Gasteiger partial charge >= 0.3 is 0 Å². The lowest BCUT2D eigenvalue weighted by atomic mass is 10.1. The van der Waals surface area contributed by atoms with Gasteiger partial charge in [0.1, 0.15) is 0 Å². The molecule has 0 spiro atoms. The molecule has 0 saturated heterocycles. The van der Waals surface area contributed by atoms with E-state index < -0.39 is 0 Å². The van der Waals surface area contributed by atoms with Gasteiger partial charge in [0.2, 0.25) is 0 Å². The van der Waals surface area contributed by atoms with E-state index in [-0.39, 0.29) is 0 Å². The second kappa shape index (κ2) is 5.25. The summed E-state index contributed by atoms with van der Waals surface area (Å²) in [5.74, 6) is 0. The number of hydrogen-bond donors (Lipinski definition) is 0. The van der Waals surface area contributed by atoms with Crippen molar-refractivity contribution in [3.63, 3.8) is 0 Å². The molecule has 13 heavy (non-hydrogen) atoms. The summed E-state index contributed by atoms with van der Waals surface area (Å²) >= 11 is 11.6. The molecule has 0 aliphatic carbocycles. The number of hydrogen-bond acceptors (Lipinski definition) is 1. The van der Waals surface area contributed by atoms with Crippen LogP contribution in [0.15, 0.2) is 23.2 Å². The van der Waals surface area contributed by atoms with E-state index in [4.69, 9.17) is 23.2 Å². The highest BCUT2D eigenvalue weighted by Gasteiger charge is 1.98. The zero-order chi connectivity index (χ0) is 9.68. The molecule has 0 fully saturated rings. The lowest BCUT2D eigenvalue weighted by Crippen LogP contribution is -1.86. The molecule has 0 aliphatic heterocycles. The minimum Gasteiger partial charge on any atom is -0.301 e. The van der Waals surface area contributed by atoms with E-state index >= 15 is 0 Å². The van der Waals surface area contributed by atoms with Crippen molar-refractivity contribution in [1.82, 2.24) is 0 Å². The average molecular weight is 216 g/mol. The lowest BCUT2D eigenvalue weighted by molar-refractivity contribution is 1.05. The van der Waals surface area contributed by atoms with Gasteiger partial charge in [-0.2, -0.15) is 0 Å². The molecule has 3 heteroatoms. The maximum atomic E-state index is 5.86. The minimum atomic E-state index is 0.606. The first-order valence-corrected chi connectivity index (χ1v) is 4.84. The van der Waals surface area contributed by atoms with Crippen LogP contribution in [0.3, 0.4) is 0 Å². The molecule has 0 N–H and O–H groups in total. The fourth-order valence-corrected chi connectivity index (χ4v) is 1.38. The van der Waals surface area contributed by atoms with Gasteiger partial charge in [-0.1, -0.05) is 29.3 Å². The van der Waals surface area contributed by atoms with Crippen LogP contribution in [0.2, 0.25) is 10.0 Å². The van der Waals surface area contributed by atoms with Gasteiger partial charge < -0.3 is 4.99 Å². The van der Waals surface area contributed by atoms with Gasteiger partial charge in [0.15, 0.2) is 0 Å². The van der Waals surface area contributed by atoms with Crippen molar-refractivity contribution in [2.24, 2.45) is 4.99 Å². The highest BCUT2D eigenvalue weighted by atomic mass is 35.5. The number of nitrogens with zero attached hydrogens (tertiary/aromatic N) is 1. The molecule has 1 aromatic rings. The third-order valence-electron chi connectivity index (χ3n) is 1.73. The van der Waals surface area contributed by atoms with Crippen LogP contribution in [0, 0.1) is 0 Å². The standard InChI is InChI=1S/C10H11Cl2N/c1-13-6-2-3-8-4-5-9(11)10(12)7-8/h4-7H,2-3H2,1H3/b13-6+. The molecule has 0 saturated carbocycles. The first-order chi connectivity index (χ1) is 6.24. The summed E-state index contributed by atoms with van der Waals surface area (Å²) in [6.07, 6.45) is 3.78. The highest BCUT2D eigenvalue weighted by molar-refractivity contribution is 6.42. The first-order valence-electron chi connectivity index (χ1n) is 4.08. The Balaban J connectivity index is 2.63. The van der Waals surface area contributed by atoms with E-state index in [2.05, 4.69) is 4.99 Å². The molecule has 1 aromatic carbocycles. The van der Waals surface area contributed by atoms with Crippen molar-refractivity contribution in [1.29, 1.82) is 0 Å². The Morgan fingerprint density at radius 1 is 1.31 bits per heavy atom. The van der Waals surface area contributed by atoms with Crippen molar-refractivity contribution in [2.45, 2.75) is 12.8 Å². The van der Waals surface area contributed by atoms with E-state index in [9.17, 15) is 0 Å². The molecule has 70 valence electrons. The fraction of sp³-hybridized carbons (Fsp3) is 0.300. The molecule has 0 aliphatic rings. The zero-order valence-corrected chi connectivity index (χ0v) is 8.94. The van der Waals surface area contributed by atoms with Crippen LogP contribution in [0.1, 0.15) is 12.0 Å². The third kappa shape index (κ3) is 3.37. The molecule has 0 unspecified atom stereocenters. The molecular weight excluding hydrogens is 205 g/mol. The molecule has 0 atom stereocenters. The van der Waals surface area contributed by atoms with Crippen LogP contribution in [0.25, 0.3) is 0 Å². The van der Waals surface area contributed by atoms with E-state index in [0.29, 0.717) is 10.0 Å². The zero-order valence-electron chi connectivity index (χ0n) is 7.43. The van der Waals surface area contributed by atoms with Crippen molar-refractivity contribution in [2.75, 3.05) is 7.05 Å². The molecule has 1 nitrogen and oxygen atoms in total.